The predicted molar refractivity (Wildman–Crippen MR) is 128 cm³/mol. The first-order valence-electron chi connectivity index (χ1n) is 11.6. The standard InChI is InChI=1S/C25H29N3O4S/c1-2-27-10-12-28(13-11-27)33(30,31)22-8-6-21(7-9-22)26-25(29)16-20-17-32-24-15-19-5-3-4-18(19)14-23(20)24/h6-9,14-15,17H,2-5,10-13,16H2,1H3,(H,26,29). The largest absolute Gasteiger partial charge is 0.464 e. The van der Waals surface area contributed by atoms with Gasteiger partial charge in [-0.15, -0.1) is 0 Å². The lowest BCUT2D eigenvalue weighted by molar-refractivity contribution is -0.115. The highest BCUT2D eigenvalue weighted by Crippen LogP contribution is 2.30. The molecule has 1 amide bonds. The Labute approximate surface area is 194 Å². The Morgan fingerprint density at radius 1 is 1.03 bits per heavy atom. The molecule has 2 aliphatic rings. The summed E-state index contributed by atoms with van der Waals surface area (Å²) in [6, 6.07) is 10.7. The van der Waals surface area contributed by atoms with Gasteiger partial charge < -0.3 is 14.6 Å². The van der Waals surface area contributed by atoms with E-state index in [1.54, 1.807) is 30.5 Å². The fraction of sp³-hybridized carbons (Fsp3) is 0.400. The minimum atomic E-state index is -3.53. The molecule has 7 nitrogen and oxygen atoms in total. The van der Waals surface area contributed by atoms with Crippen LogP contribution in [-0.4, -0.2) is 56.3 Å². The number of aryl methyl sites for hydroxylation is 2. The third kappa shape index (κ3) is 4.43. The predicted octanol–water partition coefficient (Wildman–Crippen LogP) is 3.43. The molecule has 174 valence electrons. The highest BCUT2D eigenvalue weighted by atomic mass is 32.2. The van der Waals surface area contributed by atoms with Crippen LogP contribution in [0.5, 0.6) is 0 Å². The zero-order valence-corrected chi connectivity index (χ0v) is 19.7. The maximum absolute atomic E-state index is 12.9. The van der Waals surface area contributed by atoms with Gasteiger partial charge in [0.1, 0.15) is 5.58 Å². The van der Waals surface area contributed by atoms with Crippen molar-refractivity contribution in [2.45, 2.75) is 37.5 Å². The molecule has 1 saturated heterocycles. The van der Waals surface area contributed by atoms with Gasteiger partial charge in [-0.25, -0.2) is 8.42 Å². The second-order valence-corrected chi connectivity index (χ2v) is 10.8. The number of carbonyl (C=O) groups excluding carboxylic acids is 1. The number of fused-ring (bicyclic) bond motifs is 2. The van der Waals surface area contributed by atoms with Gasteiger partial charge in [-0.1, -0.05) is 6.92 Å². The van der Waals surface area contributed by atoms with E-state index in [0.717, 1.165) is 49.0 Å². The highest BCUT2D eigenvalue weighted by molar-refractivity contribution is 7.89. The molecule has 0 spiro atoms. The fourth-order valence-corrected chi connectivity index (χ4v) is 6.23. The summed E-state index contributed by atoms with van der Waals surface area (Å²) in [6.45, 7) is 5.50. The SMILES string of the molecule is CCN1CCN(S(=O)(=O)c2ccc(NC(=O)Cc3coc4cc5c(cc34)CCC5)cc2)CC1. The van der Waals surface area contributed by atoms with Crippen molar-refractivity contribution in [1.82, 2.24) is 9.21 Å². The summed E-state index contributed by atoms with van der Waals surface area (Å²) in [5.74, 6) is -0.163. The van der Waals surface area contributed by atoms with Crippen LogP contribution >= 0.6 is 0 Å². The second-order valence-electron chi connectivity index (χ2n) is 8.82. The van der Waals surface area contributed by atoms with Crippen molar-refractivity contribution in [2.24, 2.45) is 0 Å². The molecule has 0 saturated carbocycles. The van der Waals surface area contributed by atoms with Gasteiger partial charge in [0.25, 0.3) is 0 Å². The molecule has 3 aromatic rings. The Morgan fingerprint density at radius 2 is 1.73 bits per heavy atom. The minimum absolute atomic E-state index is 0.163. The summed E-state index contributed by atoms with van der Waals surface area (Å²) in [6.07, 6.45) is 5.19. The Balaban J connectivity index is 1.24. The van der Waals surface area contributed by atoms with Crippen LogP contribution in [0.3, 0.4) is 0 Å². The third-order valence-corrected chi connectivity index (χ3v) is 8.69. The molecule has 1 aliphatic carbocycles. The van der Waals surface area contributed by atoms with E-state index in [2.05, 4.69) is 29.3 Å². The van der Waals surface area contributed by atoms with Crippen molar-refractivity contribution >= 4 is 32.6 Å². The van der Waals surface area contributed by atoms with Gasteiger partial charge in [-0.05, 0) is 73.3 Å². The van der Waals surface area contributed by atoms with E-state index in [9.17, 15) is 13.2 Å². The number of hydrogen-bond donors (Lipinski definition) is 1. The van der Waals surface area contributed by atoms with Crippen LogP contribution in [0.15, 0.2) is 52.0 Å². The number of anilines is 1. The van der Waals surface area contributed by atoms with Crippen LogP contribution in [-0.2, 0) is 34.1 Å². The molecule has 0 unspecified atom stereocenters. The molecule has 0 bridgehead atoms. The van der Waals surface area contributed by atoms with Crippen LogP contribution in [0.1, 0.15) is 30.0 Å². The van der Waals surface area contributed by atoms with E-state index in [1.807, 2.05) is 0 Å². The van der Waals surface area contributed by atoms with Crippen molar-refractivity contribution < 1.29 is 17.6 Å². The molecule has 1 aliphatic heterocycles. The molecule has 8 heteroatoms. The number of nitrogens with zero attached hydrogens (tertiary/aromatic N) is 2. The Bertz CT molecular complexity index is 1270. The van der Waals surface area contributed by atoms with Gasteiger partial charge >= 0.3 is 0 Å². The molecular formula is C25H29N3O4S. The zero-order valence-electron chi connectivity index (χ0n) is 18.8. The zero-order chi connectivity index (χ0) is 23.0. The average molecular weight is 468 g/mol. The quantitative estimate of drug-likeness (QED) is 0.601. The first kappa shape index (κ1) is 22.1. The Kier molecular flexibility index (Phi) is 5.99. The summed E-state index contributed by atoms with van der Waals surface area (Å²) in [7, 11) is -3.53. The van der Waals surface area contributed by atoms with Crippen molar-refractivity contribution in [2.75, 3.05) is 38.0 Å². The summed E-state index contributed by atoms with van der Waals surface area (Å²) in [5, 5.41) is 3.87. The van der Waals surface area contributed by atoms with Gasteiger partial charge in [0.2, 0.25) is 15.9 Å². The number of piperazine rings is 1. The van der Waals surface area contributed by atoms with Gasteiger partial charge in [-0.2, -0.15) is 4.31 Å². The molecule has 1 aromatic heterocycles. The Morgan fingerprint density at radius 3 is 2.42 bits per heavy atom. The first-order chi connectivity index (χ1) is 15.9. The first-order valence-corrected chi connectivity index (χ1v) is 13.0. The summed E-state index contributed by atoms with van der Waals surface area (Å²) in [5.41, 5.74) is 4.95. The number of sulfonamides is 1. The summed E-state index contributed by atoms with van der Waals surface area (Å²) in [4.78, 5) is 15.1. The molecule has 2 heterocycles. The van der Waals surface area contributed by atoms with Crippen molar-refractivity contribution in [3.05, 3.63) is 59.4 Å². The highest BCUT2D eigenvalue weighted by Gasteiger charge is 2.28. The van der Waals surface area contributed by atoms with Crippen molar-refractivity contribution in [3.63, 3.8) is 0 Å². The molecule has 33 heavy (non-hydrogen) atoms. The topological polar surface area (TPSA) is 82.9 Å². The molecule has 2 aromatic carbocycles. The molecular weight excluding hydrogens is 438 g/mol. The number of nitrogens with one attached hydrogen (secondary N) is 1. The third-order valence-electron chi connectivity index (χ3n) is 6.77. The molecule has 1 N–H and O–H groups in total. The monoisotopic (exact) mass is 467 g/mol. The normalized spacial score (nSPS) is 17.4. The van der Waals surface area contributed by atoms with E-state index in [4.69, 9.17) is 4.42 Å². The molecule has 0 radical (unpaired) electrons. The number of likely N-dealkylation sites (N-methyl/N-ethyl adjacent to an activating group) is 1. The number of hydrogen-bond acceptors (Lipinski definition) is 5. The van der Waals surface area contributed by atoms with E-state index in [1.165, 1.54) is 21.9 Å². The summed E-state index contributed by atoms with van der Waals surface area (Å²) >= 11 is 0. The van der Waals surface area contributed by atoms with Crippen LogP contribution in [0.4, 0.5) is 5.69 Å². The van der Waals surface area contributed by atoms with Gasteiger partial charge in [-0.3, -0.25) is 4.79 Å². The Hall–Kier alpha value is -2.68. The number of rotatable bonds is 6. The van der Waals surface area contributed by atoms with Gasteiger partial charge in [0, 0.05) is 42.8 Å². The maximum Gasteiger partial charge on any atom is 0.243 e. The lowest BCUT2D eigenvalue weighted by atomic mass is 10.0. The maximum atomic E-state index is 12.9. The number of carbonyl (C=O) groups is 1. The van der Waals surface area contributed by atoms with E-state index >= 15 is 0 Å². The van der Waals surface area contributed by atoms with Crippen LogP contribution < -0.4 is 5.32 Å². The lowest BCUT2D eigenvalue weighted by Crippen LogP contribution is -2.48. The van der Waals surface area contributed by atoms with E-state index < -0.39 is 10.0 Å². The van der Waals surface area contributed by atoms with Crippen LogP contribution in [0.25, 0.3) is 11.0 Å². The average Bonchev–Trinajstić information content (AvgIpc) is 3.44. The van der Waals surface area contributed by atoms with Crippen molar-refractivity contribution in [3.8, 4) is 0 Å². The number of amides is 1. The molecule has 5 rings (SSSR count). The summed E-state index contributed by atoms with van der Waals surface area (Å²) < 4.78 is 33.1. The van der Waals surface area contributed by atoms with Gasteiger partial charge in [0.15, 0.2) is 0 Å². The molecule has 1 fully saturated rings. The van der Waals surface area contributed by atoms with E-state index in [0.29, 0.717) is 18.8 Å². The smallest absolute Gasteiger partial charge is 0.243 e. The van der Waals surface area contributed by atoms with Gasteiger partial charge in [0.05, 0.1) is 17.6 Å². The minimum Gasteiger partial charge on any atom is -0.464 e. The number of benzene rings is 2. The molecule has 0 atom stereocenters. The fourth-order valence-electron chi connectivity index (χ4n) is 4.81. The van der Waals surface area contributed by atoms with E-state index in [-0.39, 0.29) is 17.2 Å². The van der Waals surface area contributed by atoms with Crippen molar-refractivity contribution in [1.29, 1.82) is 0 Å². The van der Waals surface area contributed by atoms with Crippen LogP contribution in [0, 0.1) is 0 Å². The number of furan rings is 1. The lowest BCUT2D eigenvalue weighted by Gasteiger charge is -2.33. The second kappa shape index (κ2) is 8.93. The van der Waals surface area contributed by atoms with Crippen LogP contribution in [0.2, 0.25) is 0 Å².